The van der Waals surface area contributed by atoms with E-state index >= 15 is 0 Å². The number of nitrogens with zero attached hydrogens (tertiary/aromatic N) is 2. The van der Waals surface area contributed by atoms with Crippen LogP contribution in [-0.2, 0) is 21.7 Å². The number of urea groups is 1. The minimum atomic E-state index is -1.24. The van der Waals surface area contributed by atoms with Crippen molar-refractivity contribution in [2.45, 2.75) is 25.9 Å². The molecule has 4 rings (SSSR count). The number of hydrogen-bond acceptors (Lipinski definition) is 5. The summed E-state index contributed by atoms with van der Waals surface area (Å²) in [5, 5.41) is 7.47. The van der Waals surface area contributed by atoms with Crippen LogP contribution < -0.4 is 15.4 Å². The van der Waals surface area contributed by atoms with Crippen molar-refractivity contribution in [1.29, 1.82) is 0 Å². The van der Waals surface area contributed by atoms with Crippen LogP contribution in [0.5, 0.6) is 5.88 Å². The summed E-state index contributed by atoms with van der Waals surface area (Å²) in [5.41, 5.74) is 0.127. The number of pyridine rings is 1. The predicted octanol–water partition coefficient (Wildman–Crippen LogP) is 2.72. The minimum Gasteiger partial charge on any atom is -0.478 e. The van der Waals surface area contributed by atoms with Gasteiger partial charge in [0.1, 0.15) is 12.1 Å². The highest BCUT2D eigenvalue weighted by Gasteiger charge is 2.49. The first-order chi connectivity index (χ1) is 15.4. The van der Waals surface area contributed by atoms with Crippen LogP contribution in [0.3, 0.4) is 0 Å². The Labute approximate surface area is 185 Å². The molecule has 3 aromatic rings. The number of nitrogens with one attached hydrogen (secondary N) is 2. The highest BCUT2D eigenvalue weighted by molar-refractivity contribution is 6.09. The molecule has 1 saturated heterocycles. The third kappa shape index (κ3) is 3.99. The molecule has 1 atom stereocenters. The number of benzene rings is 2. The average Bonchev–Trinajstić information content (AvgIpc) is 3.02. The van der Waals surface area contributed by atoms with E-state index in [0.717, 1.165) is 15.7 Å². The molecule has 4 amide bonds. The van der Waals surface area contributed by atoms with Gasteiger partial charge >= 0.3 is 6.03 Å². The van der Waals surface area contributed by atoms with Gasteiger partial charge in [-0.05, 0) is 42.3 Å². The van der Waals surface area contributed by atoms with Gasteiger partial charge in [0.2, 0.25) is 11.8 Å². The number of rotatable bonds is 7. The average molecular weight is 432 g/mol. The number of aromatic nitrogens is 1. The lowest BCUT2D eigenvalue weighted by molar-refractivity contribution is -0.134. The maximum absolute atomic E-state index is 13.2. The van der Waals surface area contributed by atoms with Crippen molar-refractivity contribution in [1.82, 2.24) is 20.5 Å². The lowest BCUT2D eigenvalue weighted by Gasteiger charge is -2.22. The Morgan fingerprint density at radius 1 is 1.12 bits per heavy atom. The van der Waals surface area contributed by atoms with Crippen LogP contribution in [0.15, 0.2) is 60.8 Å². The van der Waals surface area contributed by atoms with E-state index < -0.39 is 23.4 Å². The van der Waals surface area contributed by atoms with Gasteiger partial charge in [-0.25, -0.2) is 9.78 Å². The number of carbonyl (C=O) groups excluding carboxylic acids is 3. The fourth-order valence-corrected chi connectivity index (χ4v) is 3.76. The summed E-state index contributed by atoms with van der Waals surface area (Å²) >= 11 is 0. The van der Waals surface area contributed by atoms with Crippen molar-refractivity contribution in [2.75, 3.05) is 13.2 Å². The summed E-state index contributed by atoms with van der Waals surface area (Å²) in [6.45, 7) is 3.75. The predicted molar refractivity (Wildman–Crippen MR) is 119 cm³/mol. The molecule has 0 spiro atoms. The Kier molecular flexibility index (Phi) is 5.77. The molecule has 1 fully saturated rings. The smallest absolute Gasteiger partial charge is 0.325 e. The topological polar surface area (TPSA) is 101 Å². The van der Waals surface area contributed by atoms with E-state index in [1.807, 2.05) is 49.4 Å². The maximum atomic E-state index is 13.2. The van der Waals surface area contributed by atoms with Gasteiger partial charge in [0.15, 0.2) is 0 Å². The summed E-state index contributed by atoms with van der Waals surface area (Å²) in [5.74, 6) is -0.485. The van der Waals surface area contributed by atoms with Crippen molar-refractivity contribution in [2.24, 2.45) is 0 Å². The van der Waals surface area contributed by atoms with Crippen LogP contribution in [0.25, 0.3) is 10.8 Å². The van der Waals surface area contributed by atoms with E-state index in [9.17, 15) is 14.4 Å². The summed E-state index contributed by atoms with van der Waals surface area (Å²) in [4.78, 5) is 43.3. The molecule has 164 valence electrons. The zero-order chi connectivity index (χ0) is 22.7. The first-order valence-electron chi connectivity index (χ1n) is 10.4. The zero-order valence-electron chi connectivity index (χ0n) is 17.9. The molecular formula is C24H24N4O4. The fraction of sp³-hybridized carbons (Fsp3) is 0.250. The first-order valence-corrected chi connectivity index (χ1v) is 10.4. The summed E-state index contributed by atoms with van der Waals surface area (Å²) in [7, 11) is 0. The summed E-state index contributed by atoms with van der Waals surface area (Å²) < 4.78 is 5.45. The van der Waals surface area contributed by atoms with Gasteiger partial charge in [-0.3, -0.25) is 14.5 Å². The van der Waals surface area contributed by atoms with E-state index in [-0.39, 0.29) is 13.1 Å². The lowest BCUT2D eigenvalue weighted by atomic mass is 9.90. The Morgan fingerprint density at radius 2 is 1.91 bits per heavy atom. The van der Waals surface area contributed by atoms with Gasteiger partial charge in [-0.15, -0.1) is 0 Å². The van der Waals surface area contributed by atoms with Crippen LogP contribution in [0.4, 0.5) is 4.79 Å². The van der Waals surface area contributed by atoms with Crippen molar-refractivity contribution in [3.05, 3.63) is 71.9 Å². The molecule has 2 aromatic carbocycles. The quantitative estimate of drug-likeness (QED) is 0.559. The van der Waals surface area contributed by atoms with Crippen LogP contribution in [0.2, 0.25) is 0 Å². The number of carbonyl (C=O) groups is 3. The second-order valence-electron chi connectivity index (χ2n) is 7.69. The second-order valence-corrected chi connectivity index (χ2v) is 7.69. The van der Waals surface area contributed by atoms with Gasteiger partial charge in [0.05, 0.1) is 6.61 Å². The van der Waals surface area contributed by atoms with E-state index in [4.69, 9.17) is 4.74 Å². The monoisotopic (exact) mass is 432 g/mol. The van der Waals surface area contributed by atoms with Crippen molar-refractivity contribution in [3.63, 3.8) is 0 Å². The third-order valence-electron chi connectivity index (χ3n) is 5.51. The van der Waals surface area contributed by atoms with Gasteiger partial charge < -0.3 is 15.4 Å². The molecule has 2 heterocycles. The van der Waals surface area contributed by atoms with E-state index in [0.29, 0.717) is 23.6 Å². The first kappa shape index (κ1) is 21.3. The molecule has 1 aromatic heterocycles. The highest BCUT2D eigenvalue weighted by Crippen LogP contribution is 2.31. The van der Waals surface area contributed by atoms with E-state index in [1.54, 1.807) is 25.3 Å². The molecule has 1 aliphatic rings. The second kappa shape index (κ2) is 8.66. The zero-order valence-corrected chi connectivity index (χ0v) is 17.9. The Bertz CT molecular complexity index is 1200. The van der Waals surface area contributed by atoms with Crippen LogP contribution in [0.1, 0.15) is 25.0 Å². The Morgan fingerprint density at radius 3 is 2.69 bits per heavy atom. The highest BCUT2D eigenvalue weighted by atomic mass is 16.5. The van der Waals surface area contributed by atoms with Crippen molar-refractivity contribution >= 4 is 28.6 Å². The normalized spacial score (nSPS) is 18.0. The summed E-state index contributed by atoms with van der Waals surface area (Å²) in [6, 6.07) is 16.3. The lowest BCUT2D eigenvalue weighted by Crippen LogP contribution is -2.43. The molecule has 0 aliphatic carbocycles. The fourth-order valence-electron chi connectivity index (χ4n) is 3.76. The number of hydrogen-bond donors (Lipinski definition) is 2. The molecule has 0 saturated carbocycles. The van der Waals surface area contributed by atoms with Crippen molar-refractivity contribution < 1.29 is 19.1 Å². The Balaban J connectivity index is 1.46. The molecule has 32 heavy (non-hydrogen) atoms. The van der Waals surface area contributed by atoms with Gasteiger partial charge in [-0.1, -0.05) is 42.5 Å². The van der Waals surface area contributed by atoms with Crippen LogP contribution >= 0.6 is 0 Å². The molecular weight excluding hydrogens is 408 g/mol. The number of ether oxygens (including phenoxy) is 1. The Hall–Kier alpha value is -3.94. The molecule has 8 heteroatoms. The van der Waals surface area contributed by atoms with E-state index in [2.05, 4.69) is 15.6 Å². The molecule has 0 radical (unpaired) electrons. The standard InChI is InChI=1S/C24H24N4O4/c1-3-32-21-18(9-6-12-25-21)14-26-20(29)15-28-22(30)24(2,27-23(28)31)19-11-10-16-7-4-5-8-17(16)13-19/h4-13H,3,14-15H2,1-2H3,(H,26,29)(H,27,31). The minimum absolute atomic E-state index is 0.174. The molecule has 8 nitrogen and oxygen atoms in total. The molecule has 1 unspecified atom stereocenters. The number of amides is 4. The van der Waals surface area contributed by atoms with Gasteiger partial charge in [-0.2, -0.15) is 0 Å². The number of fused-ring (bicyclic) bond motifs is 1. The van der Waals surface area contributed by atoms with E-state index in [1.165, 1.54) is 0 Å². The van der Waals surface area contributed by atoms with Crippen LogP contribution in [-0.4, -0.2) is 40.9 Å². The van der Waals surface area contributed by atoms with Gasteiger partial charge in [0.25, 0.3) is 5.91 Å². The third-order valence-corrected chi connectivity index (χ3v) is 5.51. The summed E-state index contributed by atoms with van der Waals surface area (Å²) in [6.07, 6.45) is 1.61. The maximum Gasteiger partial charge on any atom is 0.325 e. The van der Waals surface area contributed by atoms with Crippen molar-refractivity contribution in [3.8, 4) is 5.88 Å². The molecule has 0 bridgehead atoms. The molecule has 2 N–H and O–H groups in total. The number of imide groups is 1. The SMILES string of the molecule is CCOc1ncccc1CNC(=O)CN1C(=O)NC(C)(c2ccc3ccccc3c2)C1=O. The van der Waals surface area contributed by atoms with Crippen LogP contribution in [0, 0.1) is 0 Å². The van der Waals surface area contributed by atoms with Gasteiger partial charge in [0, 0.05) is 18.3 Å². The molecule has 1 aliphatic heterocycles. The largest absolute Gasteiger partial charge is 0.478 e.